The topological polar surface area (TPSA) is 98.0 Å². The number of rotatable bonds is 6. The van der Waals surface area contributed by atoms with Crippen LogP contribution < -0.4 is 9.57 Å². The average Bonchev–Trinajstić information content (AvgIpc) is 2.72. The van der Waals surface area contributed by atoms with E-state index in [0.29, 0.717) is 34.1 Å². The van der Waals surface area contributed by atoms with Crippen LogP contribution in [0.1, 0.15) is 24.5 Å². The van der Waals surface area contributed by atoms with E-state index in [1.54, 1.807) is 25.3 Å². The van der Waals surface area contributed by atoms with Crippen molar-refractivity contribution in [3.05, 3.63) is 52.6 Å². The summed E-state index contributed by atoms with van der Waals surface area (Å²) in [7, 11) is 1.57. The quantitative estimate of drug-likeness (QED) is 0.464. The summed E-state index contributed by atoms with van der Waals surface area (Å²) in [4.78, 5) is 21.9. The van der Waals surface area contributed by atoms with Gasteiger partial charge in [-0.3, -0.25) is 9.74 Å². The number of nitrogens with zero attached hydrogens (tertiary/aromatic N) is 3. The van der Waals surface area contributed by atoms with E-state index in [2.05, 4.69) is 21.3 Å². The molecule has 0 spiro atoms. The highest BCUT2D eigenvalue weighted by Gasteiger charge is 2.42. The molecule has 1 aromatic heterocycles. The predicted octanol–water partition coefficient (Wildman–Crippen LogP) is 2.74. The Morgan fingerprint density at radius 1 is 1.46 bits per heavy atom. The van der Waals surface area contributed by atoms with Crippen molar-refractivity contribution in [2.45, 2.75) is 25.0 Å². The molecule has 148 valence electrons. The molecule has 2 unspecified atom stereocenters. The molecule has 2 bridgehead atoms. The summed E-state index contributed by atoms with van der Waals surface area (Å²) >= 11 is 0. The molecule has 4 heterocycles. The normalized spacial score (nSPS) is 27.4. The van der Waals surface area contributed by atoms with Crippen LogP contribution in [0, 0.1) is 22.0 Å². The molecule has 3 saturated heterocycles. The zero-order valence-electron chi connectivity index (χ0n) is 15.7. The monoisotopic (exact) mass is 385 g/mol. The van der Waals surface area contributed by atoms with Crippen molar-refractivity contribution in [3.63, 3.8) is 0 Å². The zero-order valence-corrected chi connectivity index (χ0v) is 15.7. The summed E-state index contributed by atoms with van der Waals surface area (Å²) in [6.45, 7) is 5.75. The summed E-state index contributed by atoms with van der Waals surface area (Å²) in [6.07, 6.45) is 3.15. The summed E-state index contributed by atoms with van der Waals surface area (Å²) < 4.78 is 5.30. The molecule has 1 N–H and O–H groups in total. The van der Waals surface area contributed by atoms with Gasteiger partial charge in [0.1, 0.15) is 5.75 Å². The molecular formula is C20H23N3O5. The minimum absolute atomic E-state index is 0.0600. The molecule has 0 saturated carbocycles. The molecular weight excluding hydrogens is 362 g/mol. The van der Waals surface area contributed by atoms with Gasteiger partial charge in [0.25, 0.3) is 0 Å². The van der Waals surface area contributed by atoms with Crippen LogP contribution >= 0.6 is 0 Å². The molecule has 0 radical (unpaired) electrons. The molecule has 5 rings (SSSR count). The van der Waals surface area contributed by atoms with Gasteiger partial charge in [0.15, 0.2) is 0 Å². The number of piperidine rings is 3. The highest BCUT2D eigenvalue weighted by molar-refractivity contribution is 5.84. The SMILES string of the molecule is C=C[C@H]1CN2CCC1C[C@H]2[C@H](O)c1cc(O[N+](=O)[O-])nc2ccc(OC)cc12. The summed E-state index contributed by atoms with van der Waals surface area (Å²) in [6, 6.07) is 6.62. The predicted molar refractivity (Wildman–Crippen MR) is 103 cm³/mol. The first-order valence-corrected chi connectivity index (χ1v) is 9.36. The van der Waals surface area contributed by atoms with Crippen molar-refractivity contribution in [2.24, 2.45) is 11.8 Å². The van der Waals surface area contributed by atoms with Crippen LogP contribution in [-0.2, 0) is 0 Å². The van der Waals surface area contributed by atoms with Gasteiger partial charge in [0.2, 0.25) is 5.88 Å². The summed E-state index contributed by atoms with van der Waals surface area (Å²) in [5, 5.41) is 21.9. The van der Waals surface area contributed by atoms with E-state index in [1.807, 2.05) is 6.08 Å². The molecule has 3 aliphatic rings. The fraction of sp³-hybridized carbons (Fsp3) is 0.450. The van der Waals surface area contributed by atoms with E-state index in [0.717, 1.165) is 25.9 Å². The number of benzene rings is 1. The standard InChI is InChI=1S/C20H23N3O5/c1-3-12-11-22-7-6-13(12)8-18(22)20(24)16-10-19(28-23(25)26)21-17-5-4-14(27-2)9-15(16)17/h3-5,9-10,12-13,18,20,24H,1,6-8,11H2,2H3/t12-,13?,18-,20+/m0/s1. The Labute approximate surface area is 162 Å². The molecule has 1 aromatic carbocycles. The number of hydrogen-bond donors (Lipinski definition) is 1. The van der Waals surface area contributed by atoms with Crippen LogP contribution in [0.5, 0.6) is 11.6 Å². The van der Waals surface area contributed by atoms with Gasteiger partial charge >= 0.3 is 5.09 Å². The lowest BCUT2D eigenvalue weighted by molar-refractivity contribution is -0.712. The maximum Gasteiger partial charge on any atom is 0.301 e. The Morgan fingerprint density at radius 2 is 2.29 bits per heavy atom. The Bertz CT molecular complexity index is 918. The van der Waals surface area contributed by atoms with Gasteiger partial charge in [-0.1, -0.05) is 6.08 Å². The molecule has 8 nitrogen and oxygen atoms in total. The molecule has 8 heteroatoms. The Balaban J connectivity index is 1.75. The Kier molecular flexibility index (Phi) is 4.91. The van der Waals surface area contributed by atoms with E-state index < -0.39 is 11.2 Å². The van der Waals surface area contributed by atoms with E-state index in [1.165, 1.54) is 6.07 Å². The molecule has 28 heavy (non-hydrogen) atoms. The Morgan fingerprint density at radius 3 is 2.93 bits per heavy atom. The van der Waals surface area contributed by atoms with Crippen LogP contribution in [0.2, 0.25) is 0 Å². The van der Waals surface area contributed by atoms with Crippen LogP contribution in [0.15, 0.2) is 36.9 Å². The summed E-state index contributed by atoms with van der Waals surface area (Å²) in [5.74, 6) is 1.43. The lowest BCUT2D eigenvalue weighted by atomic mass is 9.73. The van der Waals surface area contributed by atoms with Gasteiger partial charge in [-0.2, -0.15) is 0 Å². The molecule has 3 aliphatic heterocycles. The number of ether oxygens (including phenoxy) is 1. The van der Waals surface area contributed by atoms with Crippen LogP contribution in [0.25, 0.3) is 10.9 Å². The fourth-order valence-corrected chi connectivity index (χ4v) is 4.61. The van der Waals surface area contributed by atoms with Gasteiger partial charge < -0.3 is 9.84 Å². The third-order valence-electron chi connectivity index (χ3n) is 6.03. The van der Waals surface area contributed by atoms with Gasteiger partial charge in [-0.05, 0) is 61.1 Å². The number of aromatic nitrogens is 1. The lowest BCUT2D eigenvalue weighted by Crippen LogP contribution is -2.54. The largest absolute Gasteiger partial charge is 0.497 e. The second kappa shape index (κ2) is 7.37. The van der Waals surface area contributed by atoms with E-state index in [9.17, 15) is 15.2 Å². The number of pyridine rings is 1. The number of aliphatic hydroxyl groups is 1. The van der Waals surface area contributed by atoms with Crippen molar-refractivity contribution in [3.8, 4) is 11.6 Å². The van der Waals surface area contributed by atoms with Gasteiger partial charge in [0, 0.05) is 18.0 Å². The first-order chi connectivity index (χ1) is 13.5. The van der Waals surface area contributed by atoms with Crippen molar-refractivity contribution >= 4 is 10.9 Å². The van der Waals surface area contributed by atoms with Crippen molar-refractivity contribution < 1.29 is 19.8 Å². The maximum absolute atomic E-state index is 11.3. The molecule has 0 aliphatic carbocycles. The summed E-state index contributed by atoms with van der Waals surface area (Å²) in [5.41, 5.74) is 1.07. The first-order valence-electron chi connectivity index (χ1n) is 9.36. The highest BCUT2D eigenvalue weighted by atomic mass is 17.0. The van der Waals surface area contributed by atoms with Gasteiger partial charge in [0.05, 0.1) is 18.7 Å². The highest BCUT2D eigenvalue weighted by Crippen LogP contribution is 2.42. The van der Waals surface area contributed by atoms with E-state index >= 15 is 0 Å². The molecule has 5 atom stereocenters. The fourth-order valence-electron chi connectivity index (χ4n) is 4.61. The zero-order chi connectivity index (χ0) is 19.8. The van der Waals surface area contributed by atoms with Crippen molar-refractivity contribution in [1.82, 2.24) is 9.88 Å². The van der Waals surface area contributed by atoms with E-state index in [-0.39, 0.29) is 11.9 Å². The molecule has 2 aromatic rings. The van der Waals surface area contributed by atoms with Gasteiger partial charge in [-0.25, -0.2) is 4.98 Å². The first kappa shape index (κ1) is 18.6. The van der Waals surface area contributed by atoms with Gasteiger partial charge in [-0.15, -0.1) is 16.7 Å². The number of fused-ring (bicyclic) bond motifs is 4. The van der Waals surface area contributed by atoms with E-state index in [4.69, 9.17) is 4.74 Å². The smallest absolute Gasteiger partial charge is 0.301 e. The molecule has 3 fully saturated rings. The second-order valence-corrected chi connectivity index (χ2v) is 7.44. The molecule has 0 amide bonds. The third-order valence-corrected chi connectivity index (χ3v) is 6.03. The van der Waals surface area contributed by atoms with Crippen molar-refractivity contribution in [2.75, 3.05) is 20.2 Å². The maximum atomic E-state index is 11.3. The average molecular weight is 385 g/mol. The minimum atomic E-state index is -0.894. The van der Waals surface area contributed by atoms with Crippen LogP contribution in [0.3, 0.4) is 0 Å². The van der Waals surface area contributed by atoms with Crippen LogP contribution in [-0.4, -0.2) is 46.3 Å². The lowest BCUT2D eigenvalue weighted by Gasteiger charge is -2.50. The van der Waals surface area contributed by atoms with Crippen LogP contribution in [0.4, 0.5) is 0 Å². The minimum Gasteiger partial charge on any atom is -0.497 e. The number of aliphatic hydroxyl groups excluding tert-OH is 1. The number of hydrogen-bond acceptors (Lipinski definition) is 7. The third kappa shape index (κ3) is 3.29. The van der Waals surface area contributed by atoms with Crippen molar-refractivity contribution in [1.29, 1.82) is 0 Å². The Hall–Kier alpha value is -2.71. The second-order valence-electron chi connectivity index (χ2n) is 7.44. The number of methoxy groups -OCH3 is 1.